The van der Waals surface area contributed by atoms with Gasteiger partial charge >= 0.3 is 0 Å². The Hall–Kier alpha value is -1.28. The first-order chi connectivity index (χ1) is 11.8. The van der Waals surface area contributed by atoms with Gasteiger partial charge in [0.15, 0.2) is 0 Å². The van der Waals surface area contributed by atoms with Gasteiger partial charge in [-0.1, -0.05) is 46.6 Å². The van der Waals surface area contributed by atoms with E-state index in [1.807, 2.05) is 0 Å². The zero-order valence-corrected chi connectivity index (χ0v) is 16.2. The molecule has 1 unspecified atom stereocenters. The van der Waals surface area contributed by atoms with Gasteiger partial charge in [0, 0.05) is 17.4 Å². The van der Waals surface area contributed by atoms with Crippen molar-refractivity contribution in [2.45, 2.75) is 78.7 Å². The summed E-state index contributed by atoms with van der Waals surface area (Å²) in [5.41, 5.74) is 4.48. The van der Waals surface area contributed by atoms with Crippen molar-refractivity contribution in [1.82, 2.24) is 9.30 Å². The third kappa shape index (κ3) is 4.42. The lowest BCUT2D eigenvalue weighted by atomic mass is 9.99. The van der Waals surface area contributed by atoms with E-state index in [-0.39, 0.29) is 0 Å². The number of aryl methyl sites for hydroxylation is 1. The average molecular weight is 329 g/mol. The highest BCUT2D eigenvalue weighted by atomic mass is 15.2. The molecule has 2 heterocycles. The van der Waals surface area contributed by atoms with Gasteiger partial charge in [0.05, 0.1) is 6.04 Å². The molecule has 0 aliphatic carbocycles. The molecule has 2 rings (SSSR count). The highest BCUT2D eigenvalue weighted by Crippen LogP contribution is 2.32. The summed E-state index contributed by atoms with van der Waals surface area (Å²) in [5.74, 6) is 0. The number of fused-ring (bicyclic) bond motifs is 1. The lowest BCUT2D eigenvalue weighted by molar-refractivity contribution is 0.181. The van der Waals surface area contributed by atoms with E-state index in [0.717, 1.165) is 0 Å². The summed E-state index contributed by atoms with van der Waals surface area (Å²) in [4.78, 5) is 2.73. The lowest BCUT2D eigenvalue weighted by Gasteiger charge is -2.32. The largest absolute Gasteiger partial charge is 0.319 e. The van der Waals surface area contributed by atoms with Crippen molar-refractivity contribution < 1.29 is 0 Å². The van der Waals surface area contributed by atoms with E-state index in [2.05, 4.69) is 67.5 Å². The van der Waals surface area contributed by atoms with Crippen LogP contribution in [0.4, 0.5) is 0 Å². The summed E-state index contributed by atoms with van der Waals surface area (Å²) in [6.07, 6.45) is 11.0. The second-order valence-electron chi connectivity index (χ2n) is 6.99. The molecule has 24 heavy (non-hydrogen) atoms. The molecule has 0 bridgehead atoms. The van der Waals surface area contributed by atoms with Crippen molar-refractivity contribution in [2.75, 3.05) is 13.1 Å². The summed E-state index contributed by atoms with van der Waals surface area (Å²) in [6.45, 7) is 11.6. The van der Waals surface area contributed by atoms with Crippen molar-refractivity contribution in [1.29, 1.82) is 0 Å². The Bertz CT molecular complexity index is 593. The van der Waals surface area contributed by atoms with Gasteiger partial charge in [0.25, 0.3) is 0 Å². The molecule has 0 saturated heterocycles. The van der Waals surface area contributed by atoms with E-state index in [4.69, 9.17) is 0 Å². The summed E-state index contributed by atoms with van der Waals surface area (Å²) >= 11 is 0. The van der Waals surface area contributed by atoms with Crippen molar-refractivity contribution in [2.24, 2.45) is 0 Å². The second kappa shape index (κ2) is 9.88. The Morgan fingerprint density at radius 2 is 1.71 bits per heavy atom. The first kappa shape index (κ1) is 19.1. The van der Waals surface area contributed by atoms with Crippen molar-refractivity contribution >= 4 is 5.52 Å². The van der Waals surface area contributed by atoms with E-state index in [1.165, 1.54) is 63.6 Å². The van der Waals surface area contributed by atoms with Crippen LogP contribution in [0, 0.1) is 0 Å². The maximum absolute atomic E-state index is 2.73. The molecule has 0 aromatic carbocycles. The van der Waals surface area contributed by atoms with Crippen LogP contribution < -0.4 is 0 Å². The Morgan fingerprint density at radius 1 is 0.958 bits per heavy atom. The number of pyridine rings is 1. The minimum Gasteiger partial charge on any atom is -0.319 e. The van der Waals surface area contributed by atoms with Crippen LogP contribution in [-0.4, -0.2) is 22.4 Å². The fourth-order valence-corrected chi connectivity index (χ4v) is 3.91. The maximum Gasteiger partial charge on any atom is 0.0506 e. The summed E-state index contributed by atoms with van der Waals surface area (Å²) in [6, 6.07) is 9.57. The maximum atomic E-state index is 2.73. The molecule has 0 aliphatic rings. The van der Waals surface area contributed by atoms with Gasteiger partial charge in [-0.05, 0) is 69.0 Å². The quantitative estimate of drug-likeness (QED) is 0.473. The monoisotopic (exact) mass is 328 g/mol. The van der Waals surface area contributed by atoms with Gasteiger partial charge in [-0.15, -0.1) is 0 Å². The van der Waals surface area contributed by atoms with Gasteiger partial charge in [0.1, 0.15) is 0 Å². The number of hydrogen-bond donors (Lipinski definition) is 0. The van der Waals surface area contributed by atoms with Crippen LogP contribution in [0.1, 0.15) is 83.5 Å². The topological polar surface area (TPSA) is 7.65 Å². The Morgan fingerprint density at radius 3 is 2.33 bits per heavy atom. The van der Waals surface area contributed by atoms with Crippen LogP contribution in [0.25, 0.3) is 5.52 Å². The number of aromatic nitrogens is 1. The van der Waals surface area contributed by atoms with Crippen LogP contribution in [-0.2, 0) is 6.42 Å². The predicted molar refractivity (Wildman–Crippen MR) is 106 cm³/mol. The normalized spacial score (nSPS) is 13.0. The van der Waals surface area contributed by atoms with Crippen LogP contribution in [0.5, 0.6) is 0 Å². The molecule has 2 aromatic rings. The molecular weight excluding hydrogens is 292 g/mol. The standard InChI is InChI=1S/C22H36N2/c1-5-9-13-19-18-20-14-10-11-17-24(20)22(19)21(12-6-2)23(15-7-3)16-8-4/h10-11,14,17-18,21H,5-9,12-13,15-16H2,1-4H3. The van der Waals surface area contributed by atoms with Crippen molar-refractivity contribution in [3.63, 3.8) is 0 Å². The molecule has 134 valence electrons. The second-order valence-corrected chi connectivity index (χ2v) is 6.99. The Kier molecular flexibility index (Phi) is 7.84. The zero-order chi connectivity index (χ0) is 17.4. The number of hydrogen-bond acceptors (Lipinski definition) is 1. The minimum absolute atomic E-state index is 0.548. The SMILES string of the molecule is CCCCc1cc2ccccn2c1C(CCC)N(CCC)CCC. The van der Waals surface area contributed by atoms with Crippen LogP contribution >= 0.6 is 0 Å². The average Bonchev–Trinajstić information content (AvgIpc) is 2.96. The van der Waals surface area contributed by atoms with Crippen LogP contribution in [0.2, 0.25) is 0 Å². The fraction of sp³-hybridized carbons (Fsp3) is 0.636. The Balaban J connectivity index is 2.49. The molecule has 1 atom stereocenters. The smallest absolute Gasteiger partial charge is 0.0506 e. The molecule has 0 fully saturated rings. The molecule has 0 saturated carbocycles. The van der Waals surface area contributed by atoms with Gasteiger partial charge in [-0.25, -0.2) is 0 Å². The molecule has 0 spiro atoms. The summed E-state index contributed by atoms with van der Waals surface area (Å²) in [7, 11) is 0. The predicted octanol–water partition coefficient (Wildman–Crippen LogP) is 6.25. The van der Waals surface area contributed by atoms with Gasteiger partial charge in [-0.2, -0.15) is 0 Å². The molecule has 2 aromatic heterocycles. The van der Waals surface area contributed by atoms with E-state index in [1.54, 1.807) is 11.3 Å². The molecule has 0 radical (unpaired) electrons. The third-order valence-electron chi connectivity index (χ3n) is 4.94. The van der Waals surface area contributed by atoms with E-state index >= 15 is 0 Å². The van der Waals surface area contributed by atoms with Gasteiger partial charge in [-0.3, -0.25) is 4.90 Å². The number of nitrogens with zero attached hydrogens (tertiary/aromatic N) is 2. The lowest BCUT2D eigenvalue weighted by Crippen LogP contribution is -2.31. The van der Waals surface area contributed by atoms with Crippen molar-refractivity contribution in [3.05, 3.63) is 41.7 Å². The molecule has 0 N–H and O–H groups in total. The summed E-state index contributed by atoms with van der Waals surface area (Å²) < 4.78 is 2.46. The highest BCUT2D eigenvalue weighted by Gasteiger charge is 2.24. The first-order valence-corrected chi connectivity index (χ1v) is 10.1. The van der Waals surface area contributed by atoms with Crippen molar-refractivity contribution in [3.8, 4) is 0 Å². The minimum atomic E-state index is 0.548. The molecule has 0 aliphatic heterocycles. The first-order valence-electron chi connectivity index (χ1n) is 10.1. The fourth-order valence-electron chi connectivity index (χ4n) is 3.91. The van der Waals surface area contributed by atoms with Crippen LogP contribution in [0.3, 0.4) is 0 Å². The van der Waals surface area contributed by atoms with E-state index in [0.29, 0.717) is 6.04 Å². The molecular formula is C22H36N2. The molecule has 0 amide bonds. The molecule has 2 nitrogen and oxygen atoms in total. The number of unbranched alkanes of at least 4 members (excludes halogenated alkanes) is 1. The molecule has 2 heteroatoms. The van der Waals surface area contributed by atoms with E-state index < -0.39 is 0 Å². The van der Waals surface area contributed by atoms with Gasteiger partial charge in [0.2, 0.25) is 0 Å². The van der Waals surface area contributed by atoms with Gasteiger partial charge < -0.3 is 4.40 Å². The summed E-state index contributed by atoms with van der Waals surface area (Å²) in [5, 5.41) is 0. The highest BCUT2D eigenvalue weighted by molar-refractivity contribution is 5.54. The Labute approximate surface area is 148 Å². The van der Waals surface area contributed by atoms with E-state index in [9.17, 15) is 0 Å². The number of rotatable bonds is 11. The zero-order valence-electron chi connectivity index (χ0n) is 16.2. The third-order valence-corrected chi connectivity index (χ3v) is 4.94. The van der Waals surface area contributed by atoms with Crippen LogP contribution in [0.15, 0.2) is 30.5 Å².